The Hall–Kier alpha value is 1.33. The molecule has 0 aliphatic carbocycles. The first-order valence-corrected chi connectivity index (χ1v) is 13.2. The Labute approximate surface area is 115 Å². The minimum absolute atomic E-state index is 0.566. The van der Waals surface area contributed by atoms with Crippen LogP contribution in [0.25, 0.3) is 0 Å². The Morgan fingerprint density at radius 1 is 0.812 bits per heavy atom. The smallest absolute Gasteiger partial charge is 0.213 e. The average Bonchev–Trinajstić information content (AvgIpc) is 1.97. The third-order valence-electron chi connectivity index (χ3n) is 1.61. The van der Waals surface area contributed by atoms with Crippen molar-refractivity contribution in [1.82, 2.24) is 0 Å². The zero-order valence-corrected chi connectivity index (χ0v) is 13.9. The molecule has 3 nitrogen and oxygen atoms in total. The van der Waals surface area contributed by atoms with Crippen LogP contribution in [0.15, 0.2) is 38.9 Å². The molecule has 0 saturated carbocycles. The molecular weight excluding hydrogens is 349 g/mol. The third kappa shape index (κ3) is 4.21. The van der Waals surface area contributed by atoms with Crippen molar-refractivity contribution in [3.05, 3.63) is 25.3 Å². The molecule has 16 heavy (non-hydrogen) atoms. The van der Waals surface area contributed by atoms with Gasteiger partial charge in [-0.15, -0.1) is 13.2 Å². The maximum Gasteiger partial charge on any atom is 0.255 e. The predicted molar refractivity (Wildman–Crippen MR) is 81.6 cm³/mol. The van der Waals surface area contributed by atoms with Crippen LogP contribution in [-0.4, -0.2) is 12.3 Å². The standard InChI is InChI=1S/C6H10Cl4N3P3/c1-3-5-14(6-4-2)11-15(7,8)13-16(9,10)12-14/h3-4H,1-2,5-6H2. The number of allylic oxidation sites excluding steroid dienone is 2. The van der Waals surface area contributed by atoms with Gasteiger partial charge < -0.3 is 0 Å². The topological polar surface area (TPSA) is 37.1 Å². The molecule has 0 atom stereocenters. The number of rotatable bonds is 4. The van der Waals surface area contributed by atoms with Crippen molar-refractivity contribution in [1.29, 1.82) is 0 Å². The Bertz CT molecular complexity index is 450. The summed E-state index contributed by atoms with van der Waals surface area (Å²) in [5, 5.41) is 0. The summed E-state index contributed by atoms with van der Waals surface area (Å²) in [6, 6.07) is 0. The van der Waals surface area contributed by atoms with E-state index in [1.165, 1.54) is 0 Å². The van der Waals surface area contributed by atoms with Crippen molar-refractivity contribution in [2.24, 2.45) is 13.5 Å². The number of halogens is 4. The van der Waals surface area contributed by atoms with Gasteiger partial charge in [0.25, 0.3) is 11.8 Å². The molecule has 0 bridgehead atoms. The first-order valence-electron chi connectivity index (χ1n) is 4.14. The second kappa shape index (κ2) is 5.54. The highest BCUT2D eigenvalue weighted by Gasteiger charge is 2.31. The second-order valence-electron chi connectivity index (χ2n) is 3.00. The van der Waals surface area contributed by atoms with Gasteiger partial charge in [0.2, 0.25) is 0 Å². The maximum absolute atomic E-state index is 6.01. The van der Waals surface area contributed by atoms with Crippen molar-refractivity contribution in [2.45, 2.75) is 0 Å². The van der Waals surface area contributed by atoms with E-state index in [2.05, 4.69) is 26.7 Å². The van der Waals surface area contributed by atoms with E-state index in [-0.39, 0.29) is 0 Å². The lowest BCUT2D eigenvalue weighted by atomic mass is 10.8. The van der Waals surface area contributed by atoms with Gasteiger partial charge in [-0.25, -0.2) is 9.03 Å². The van der Waals surface area contributed by atoms with Crippen LogP contribution in [0.3, 0.4) is 0 Å². The van der Waals surface area contributed by atoms with Crippen LogP contribution in [0.1, 0.15) is 0 Å². The molecule has 0 radical (unpaired) electrons. The van der Waals surface area contributed by atoms with Crippen LogP contribution in [0.2, 0.25) is 0 Å². The van der Waals surface area contributed by atoms with Crippen molar-refractivity contribution in [3.63, 3.8) is 0 Å². The van der Waals surface area contributed by atoms with Crippen LogP contribution in [-0.2, 0) is 0 Å². The second-order valence-corrected chi connectivity index (χ2v) is 16.2. The molecule has 1 aliphatic rings. The SMILES string of the molecule is C=CCP1(CC=C)=NP(Cl)(Cl)=NP(Cl)(Cl)=N1. The summed E-state index contributed by atoms with van der Waals surface area (Å²) >= 11 is 24.1. The molecule has 92 valence electrons. The Morgan fingerprint density at radius 3 is 1.62 bits per heavy atom. The molecule has 0 aromatic carbocycles. The van der Waals surface area contributed by atoms with E-state index in [0.29, 0.717) is 12.3 Å². The monoisotopic (exact) mass is 357 g/mol. The van der Waals surface area contributed by atoms with Gasteiger partial charge in [-0.1, -0.05) is 12.2 Å². The summed E-state index contributed by atoms with van der Waals surface area (Å²) < 4.78 is 12.6. The molecular formula is C6H10Cl4N3P3. The van der Waals surface area contributed by atoms with Gasteiger partial charge in [-0.05, 0) is 45.0 Å². The fourth-order valence-electron chi connectivity index (χ4n) is 1.22. The first-order chi connectivity index (χ1) is 7.24. The van der Waals surface area contributed by atoms with Gasteiger partial charge in [0.05, 0.1) is 7.21 Å². The summed E-state index contributed by atoms with van der Waals surface area (Å²) in [5.74, 6) is -5.60. The molecule has 0 fully saturated rings. The highest BCUT2D eigenvalue weighted by atomic mass is 35.9. The number of hydrogen-bond donors (Lipinski definition) is 0. The van der Waals surface area contributed by atoms with E-state index in [1.54, 1.807) is 12.2 Å². The van der Waals surface area contributed by atoms with Gasteiger partial charge >= 0.3 is 0 Å². The fourth-order valence-corrected chi connectivity index (χ4v) is 18.3. The van der Waals surface area contributed by atoms with E-state index >= 15 is 0 Å². The molecule has 1 heterocycles. The first kappa shape index (κ1) is 15.4. The molecule has 0 amide bonds. The predicted octanol–water partition coefficient (Wildman–Crippen LogP) is 7.34. The van der Waals surface area contributed by atoms with Crippen LogP contribution < -0.4 is 0 Å². The molecule has 0 unspecified atom stereocenters. The van der Waals surface area contributed by atoms with Crippen molar-refractivity contribution in [3.8, 4) is 0 Å². The summed E-state index contributed by atoms with van der Waals surface area (Å²) in [4.78, 5) is 0. The summed E-state index contributed by atoms with van der Waals surface area (Å²) in [6.07, 6.45) is 4.57. The Morgan fingerprint density at radius 2 is 1.25 bits per heavy atom. The number of hydrogen-bond acceptors (Lipinski definition) is 3. The molecule has 1 aliphatic heterocycles. The van der Waals surface area contributed by atoms with Gasteiger partial charge in [-0.3, -0.25) is 0 Å². The lowest BCUT2D eigenvalue weighted by Crippen LogP contribution is -1.89. The molecule has 0 saturated heterocycles. The lowest BCUT2D eigenvalue weighted by Gasteiger charge is -2.25. The largest absolute Gasteiger partial charge is 0.255 e. The molecule has 0 N–H and O–H groups in total. The lowest BCUT2D eigenvalue weighted by molar-refractivity contribution is 1.54. The minimum Gasteiger partial charge on any atom is -0.213 e. The minimum atomic E-state index is -2.80. The van der Waals surface area contributed by atoms with Crippen LogP contribution in [0.5, 0.6) is 0 Å². The molecule has 0 spiro atoms. The van der Waals surface area contributed by atoms with Crippen molar-refractivity contribution in [2.75, 3.05) is 12.3 Å². The maximum atomic E-state index is 6.01. The number of nitrogens with zero attached hydrogens (tertiary/aromatic N) is 3. The van der Waals surface area contributed by atoms with Gasteiger partial charge in [0.15, 0.2) is 0 Å². The van der Waals surface area contributed by atoms with Crippen LogP contribution in [0.4, 0.5) is 0 Å². The Kier molecular flexibility index (Phi) is 5.32. The van der Waals surface area contributed by atoms with Gasteiger partial charge in [-0.2, -0.15) is 4.52 Å². The van der Waals surface area contributed by atoms with E-state index in [4.69, 9.17) is 45.0 Å². The summed E-state index contributed by atoms with van der Waals surface area (Å²) in [7, 11) is -2.14. The molecule has 0 aromatic rings. The van der Waals surface area contributed by atoms with E-state index < -0.39 is 19.0 Å². The van der Waals surface area contributed by atoms with Gasteiger partial charge in [0.1, 0.15) is 0 Å². The van der Waals surface area contributed by atoms with Crippen molar-refractivity contribution >= 4 is 64.0 Å². The van der Waals surface area contributed by atoms with E-state index in [9.17, 15) is 0 Å². The average molecular weight is 359 g/mol. The Balaban J connectivity index is 3.47. The molecule has 0 aromatic heterocycles. The molecule has 1 rings (SSSR count). The zero-order chi connectivity index (χ0) is 12.4. The van der Waals surface area contributed by atoms with E-state index in [1.807, 2.05) is 0 Å². The quantitative estimate of drug-likeness (QED) is 0.372. The van der Waals surface area contributed by atoms with Crippen LogP contribution in [0, 0.1) is 0 Å². The fraction of sp³-hybridized carbons (Fsp3) is 0.333. The normalized spacial score (nSPS) is 24.5. The van der Waals surface area contributed by atoms with Crippen LogP contribution >= 0.6 is 64.0 Å². The van der Waals surface area contributed by atoms with Crippen molar-refractivity contribution < 1.29 is 0 Å². The zero-order valence-electron chi connectivity index (χ0n) is 8.18. The highest BCUT2D eigenvalue weighted by Crippen LogP contribution is 2.85. The third-order valence-corrected chi connectivity index (χ3v) is 14.3. The molecule has 10 heteroatoms. The van der Waals surface area contributed by atoms with Gasteiger partial charge in [0, 0.05) is 12.3 Å². The summed E-state index contributed by atoms with van der Waals surface area (Å²) in [6.45, 7) is 7.35. The summed E-state index contributed by atoms with van der Waals surface area (Å²) in [5.41, 5.74) is 0. The highest BCUT2D eigenvalue weighted by molar-refractivity contribution is 8.21. The van der Waals surface area contributed by atoms with E-state index in [0.717, 1.165) is 0 Å².